The van der Waals surface area contributed by atoms with Gasteiger partial charge in [0.25, 0.3) is 0 Å². The molecule has 4 rings (SSSR count). The number of rotatable bonds is 7. The third-order valence-electron chi connectivity index (χ3n) is 5.99. The molecule has 1 fully saturated rings. The van der Waals surface area contributed by atoms with Gasteiger partial charge in [-0.05, 0) is 30.0 Å². The zero-order valence-corrected chi connectivity index (χ0v) is 19.7. The molecule has 3 N–H and O–H groups in total. The van der Waals surface area contributed by atoms with E-state index in [4.69, 9.17) is 9.88 Å². The summed E-state index contributed by atoms with van der Waals surface area (Å²) in [5, 5.41) is 18.5. The number of thiophene rings is 1. The minimum absolute atomic E-state index is 0.00928. The van der Waals surface area contributed by atoms with Crippen molar-refractivity contribution in [1.82, 2.24) is 4.90 Å². The van der Waals surface area contributed by atoms with E-state index >= 15 is 0 Å². The Labute approximate surface area is 197 Å². The SMILES string of the molecule is COc1cc(CC(=O)Nc2sc3c(c2C#N)CN(CC2CC(F)(F)C2)CC3)ccc1[S+](N)[O-]. The number of anilines is 1. The third-order valence-corrected chi connectivity index (χ3v) is 7.97. The second-order valence-electron chi connectivity index (χ2n) is 8.44. The minimum Gasteiger partial charge on any atom is -0.593 e. The number of methoxy groups -OCH3 is 1. The van der Waals surface area contributed by atoms with Crippen LogP contribution in [0.5, 0.6) is 5.75 Å². The molecule has 1 amide bonds. The number of hydrogen-bond donors (Lipinski definition) is 2. The smallest absolute Gasteiger partial charge is 0.248 e. The molecule has 1 saturated carbocycles. The Balaban J connectivity index is 1.42. The number of benzene rings is 1. The molecule has 1 aromatic heterocycles. The summed E-state index contributed by atoms with van der Waals surface area (Å²) in [6.07, 6.45) is 0.630. The fourth-order valence-corrected chi connectivity index (χ4v) is 6.14. The summed E-state index contributed by atoms with van der Waals surface area (Å²) in [4.78, 5) is 16.2. The minimum atomic E-state index is -2.53. The molecular formula is C22H24F2N4O3S2. The van der Waals surface area contributed by atoms with Crippen molar-refractivity contribution in [3.63, 3.8) is 0 Å². The first-order valence-corrected chi connectivity index (χ1v) is 12.5. The van der Waals surface area contributed by atoms with E-state index < -0.39 is 17.3 Å². The Morgan fingerprint density at radius 2 is 2.24 bits per heavy atom. The largest absolute Gasteiger partial charge is 0.593 e. The number of carbonyl (C=O) groups is 1. The zero-order chi connectivity index (χ0) is 23.8. The number of nitriles is 1. The first-order chi connectivity index (χ1) is 15.7. The molecule has 176 valence electrons. The highest BCUT2D eigenvalue weighted by molar-refractivity contribution is 7.89. The summed E-state index contributed by atoms with van der Waals surface area (Å²) in [6, 6.07) is 7.05. The van der Waals surface area contributed by atoms with E-state index in [1.165, 1.54) is 18.4 Å². The summed E-state index contributed by atoms with van der Waals surface area (Å²) in [5.41, 5.74) is 1.98. The predicted octanol–water partition coefficient (Wildman–Crippen LogP) is 3.19. The molecule has 7 nitrogen and oxygen atoms in total. The molecular weight excluding hydrogens is 470 g/mol. The summed E-state index contributed by atoms with van der Waals surface area (Å²) < 4.78 is 43.1. The molecule has 2 aliphatic rings. The van der Waals surface area contributed by atoms with Crippen LogP contribution in [-0.4, -0.2) is 41.5 Å². The maximum atomic E-state index is 13.2. The van der Waals surface area contributed by atoms with Gasteiger partial charge in [-0.1, -0.05) is 6.07 Å². The molecule has 1 aliphatic carbocycles. The van der Waals surface area contributed by atoms with E-state index in [1.807, 2.05) is 0 Å². The van der Waals surface area contributed by atoms with E-state index in [0.29, 0.717) is 39.9 Å². The van der Waals surface area contributed by atoms with Crippen LogP contribution in [0.15, 0.2) is 23.1 Å². The number of nitrogens with one attached hydrogen (secondary N) is 1. The van der Waals surface area contributed by atoms with Crippen LogP contribution in [0.25, 0.3) is 0 Å². The van der Waals surface area contributed by atoms with Crippen LogP contribution >= 0.6 is 11.3 Å². The molecule has 0 bridgehead atoms. The average Bonchev–Trinajstić information content (AvgIpc) is 3.08. The van der Waals surface area contributed by atoms with Crippen LogP contribution in [0, 0.1) is 17.2 Å². The van der Waals surface area contributed by atoms with Crippen molar-refractivity contribution < 1.29 is 22.9 Å². The lowest BCUT2D eigenvalue weighted by Gasteiger charge is -2.39. The Morgan fingerprint density at radius 3 is 2.88 bits per heavy atom. The van der Waals surface area contributed by atoms with Gasteiger partial charge in [0, 0.05) is 42.9 Å². The van der Waals surface area contributed by atoms with Crippen LogP contribution in [0.1, 0.15) is 34.4 Å². The van der Waals surface area contributed by atoms with Gasteiger partial charge in [-0.3, -0.25) is 9.69 Å². The number of ether oxygens (including phenoxy) is 1. The number of amides is 1. The topological polar surface area (TPSA) is 114 Å². The number of nitrogens with two attached hydrogens (primary N) is 1. The normalized spacial score (nSPS) is 18.7. The van der Waals surface area contributed by atoms with E-state index in [9.17, 15) is 23.4 Å². The highest BCUT2D eigenvalue weighted by atomic mass is 32.2. The molecule has 1 aliphatic heterocycles. The molecule has 2 heterocycles. The van der Waals surface area contributed by atoms with Crippen LogP contribution in [0.2, 0.25) is 0 Å². The van der Waals surface area contributed by atoms with Gasteiger partial charge in [-0.25, -0.2) is 8.78 Å². The highest BCUT2D eigenvalue weighted by Gasteiger charge is 2.45. The number of fused-ring (bicyclic) bond motifs is 1. The Hall–Kier alpha value is -2.23. The molecule has 2 aromatic rings. The van der Waals surface area contributed by atoms with Gasteiger partial charge >= 0.3 is 0 Å². The summed E-state index contributed by atoms with van der Waals surface area (Å²) in [6.45, 7) is 1.88. The van der Waals surface area contributed by atoms with E-state index in [1.54, 1.807) is 18.2 Å². The number of hydrogen-bond acceptors (Lipinski definition) is 7. The van der Waals surface area contributed by atoms with E-state index in [-0.39, 0.29) is 31.1 Å². The summed E-state index contributed by atoms with van der Waals surface area (Å²) in [5.74, 6) is -2.49. The first kappa shape index (κ1) is 23.9. The molecule has 0 saturated heterocycles. The molecule has 0 spiro atoms. The summed E-state index contributed by atoms with van der Waals surface area (Å²) >= 11 is -0.305. The van der Waals surface area contributed by atoms with Gasteiger partial charge in [0.1, 0.15) is 11.1 Å². The van der Waals surface area contributed by atoms with Crippen LogP contribution in [-0.2, 0) is 35.5 Å². The Kier molecular flexibility index (Phi) is 6.93. The number of nitrogens with zero attached hydrogens (tertiary/aromatic N) is 2. The maximum absolute atomic E-state index is 13.2. The second-order valence-corrected chi connectivity index (χ2v) is 10.6. The van der Waals surface area contributed by atoms with Crippen LogP contribution < -0.4 is 15.2 Å². The molecule has 11 heteroatoms. The lowest BCUT2D eigenvalue weighted by Crippen LogP contribution is -2.43. The lowest BCUT2D eigenvalue weighted by atomic mass is 9.81. The fourth-order valence-electron chi connectivity index (χ4n) is 4.43. The standard InChI is InChI=1S/C22H24F2N4O3S2/c1-31-17-6-13(2-3-19(17)33(26)30)7-20(29)27-21-15(10-25)16-12-28(5-4-18(16)32-21)11-14-8-22(23,24)9-14/h2-3,6,14H,4-5,7-9,11-12,26H2,1H3,(H,27,29). The zero-order valence-electron chi connectivity index (χ0n) is 18.0. The monoisotopic (exact) mass is 494 g/mol. The lowest BCUT2D eigenvalue weighted by molar-refractivity contribution is -0.117. The number of carbonyl (C=O) groups excluding carboxylic acids is 1. The van der Waals surface area contributed by atoms with Crippen LogP contribution in [0.4, 0.5) is 13.8 Å². The van der Waals surface area contributed by atoms with Crippen molar-refractivity contribution >= 4 is 33.6 Å². The Bertz CT molecular complexity index is 1090. The van der Waals surface area contributed by atoms with Crippen molar-refractivity contribution in [1.29, 1.82) is 5.26 Å². The molecule has 1 atom stereocenters. The maximum Gasteiger partial charge on any atom is 0.248 e. The van der Waals surface area contributed by atoms with Gasteiger partial charge in [-0.15, -0.1) is 16.5 Å². The van der Waals surface area contributed by atoms with E-state index in [2.05, 4.69) is 16.3 Å². The van der Waals surface area contributed by atoms with Gasteiger partial charge in [0.2, 0.25) is 16.7 Å². The van der Waals surface area contributed by atoms with Gasteiger partial charge in [-0.2, -0.15) is 5.26 Å². The van der Waals surface area contributed by atoms with Crippen molar-refractivity contribution in [2.24, 2.45) is 11.1 Å². The fraction of sp³-hybridized carbons (Fsp3) is 0.455. The first-order valence-electron chi connectivity index (χ1n) is 10.5. The quantitative estimate of drug-likeness (QED) is 0.572. The van der Waals surface area contributed by atoms with E-state index in [0.717, 1.165) is 23.4 Å². The highest BCUT2D eigenvalue weighted by Crippen LogP contribution is 2.44. The molecule has 0 radical (unpaired) electrons. The molecule has 33 heavy (non-hydrogen) atoms. The van der Waals surface area contributed by atoms with Gasteiger partial charge in [0.05, 0.1) is 30.5 Å². The van der Waals surface area contributed by atoms with Gasteiger partial charge < -0.3 is 14.6 Å². The summed E-state index contributed by atoms with van der Waals surface area (Å²) in [7, 11) is 1.44. The predicted molar refractivity (Wildman–Crippen MR) is 122 cm³/mol. The van der Waals surface area contributed by atoms with Crippen molar-refractivity contribution in [3.8, 4) is 11.8 Å². The van der Waals surface area contributed by atoms with Crippen molar-refractivity contribution in [2.75, 3.05) is 25.5 Å². The van der Waals surface area contributed by atoms with Gasteiger partial charge in [0.15, 0.2) is 5.75 Å². The average molecular weight is 495 g/mol. The number of halogens is 2. The van der Waals surface area contributed by atoms with Crippen molar-refractivity contribution in [2.45, 2.75) is 43.0 Å². The molecule has 1 aromatic carbocycles. The second kappa shape index (κ2) is 9.56. The number of alkyl halides is 2. The van der Waals surface area contributed by atoms with Crippen LogP contribution in [0.3, 0.4) is 0 Å². The Morgan fingerprint density at radius 1 is 1.48 bits per heavy atom. The van der Waals surface area contributed by atoms with Crippen molar-refractivity contribution in [3.05, 3.63) is 39.8 Å². The third kappa shape index (κ3) is 5.31. The molecule has 1 unspecified atom stereocenters.